The molecule has 3 aromatic carbocycles. The average molecular weight is 511 g/mol. The zero-order valence-corrected chi connectivity index (χ0v) is 21.5. The van der Waals surface area contributed by atoms with Crippen LogP contribution in [0.15, 0.2) is 66.7 Å². The van der Waals surface area contributed by atoms with Crippen LogP contribution in [-0.2, 0) is 24.3 Å². The number of hydrogen-bond donors (Lipinski definition) is 3. The summed E-state index contributed by atoms with van der Waals surface area (Å²) in [4.78, 5) is 27.2. The molecule has 0 radical (unpaired) electrons. The van der Waals surface area contributed by atoms with E-state index in [0.29, 0.717) is 48.4 Å². The summed E-state index contributed by atoms with van der Waals surface area (Å²) in [6, 6.07) is 21.9. The minimum absolute atomic E-state index is 0.203. The van der Waals surface area contributed by atoms with Gasteiger partial charge in [0.15, 0.2) is 0 Å². The van der Waals surface area contributed by atoms with Crippen LogP contribution in [0.2, 0.25) is 0 Å². The number of carbonyl (C=O) groups is 2. The molecule has 0 bridgehead atoms. The van der Waals surface area contributed by atoms with Gasteiger partial charge in [-0.2, -0.15) is 0 Å². The van der Waals surface area contributed by atoms with E-state index in [-0.39, 0.29) is 18.6 Å². The van der Waals surface area contributed by atoms with Crippen LogP contribution >= 0.6 is 0 Å². The van der Waals surface area contributed by atoms with Crippen LogP contribution in [0.3, 0.4) is 0 Å². The van der Waals surface area contributed by atoms with Crippen molar-refractivity contribution in [1.82, 2.24) is 10.2 Å². The summed E-state index contributed by atoms with van der Waals surface area (Å²) in [7, 11) is 0. The van der Waals surface area contributed by atoms with Crippen LogP contribution in [0.25, 0.3) is 0 Å². The minimum Gasteiger partial charge on any atom is -0.445 e. The molecule has 2 unspecified atom stereocenters. The van der Waals surface area contributed by atoms with Gasteiger partial charge in [0.05, 0.1) is 11.4 Å². The Morgan fingerprint density at radius 2 is 1.82 bits per heavy atom. The number of nitrogens with zero attached hydrogens (tertiary/aromatic N) is 1. The van der Waals surface area contributed by atoms with Crippen molar-refractivity contribution in [3.05, 3.63) is 94.5 Å². The predicted octanol–water partition coefficient (Wildman–Crippen LogP) is 5.07. The summed E-state index contributed by atoms with van der Waals surface area (Å²) in [5.41, 5.74) is 12.1. The lowest BCUT2D eigenvalue weighted by Gasteiger charge is -2.28. The topological polar surface area (TPSA) is 96.7 Å². The Morgan fingerprint density at radius 1 is 1.00 bits per heavy atom. The van der Waals surface area contributed by atoms with Gasteiger partial charge in [0, 0.05) is 30.6 Å². The first-order chi connectivity index (χ1) is 18.5. The molecular formula is C31H34N4O3. The van der Waals surface area contributed by atoms with Gasteiger partial charge in [0.25, 0.3) is 5.91 Å². The van der Waals surface area contributed by atoms with Gasteiger partial charge in [-0.05, 0) is 84.7 Å². The summed E-state index contributed by atoms with van der Waals surface area (Å²) in [6.45, 7) is 2.45. The number of rotatable bonds is 8. The summed E-state index contributed by atoms with van der Waals surface area (Å²) in [5, 5.41) is 6.55. The number of benzene rings is 3. The molecule has 0 saturated heterocycles. The first-order valence-corrected chi connectivity index (χ1v) is 13.5. The van der Waals surface area contributed by atoms with Gasteiger partial charge in [-0.25, -0.2) is 4.79 Å². The number of ether oxygens (including phenoxy) is 1. The summed E-state index contributed by atoms with van der Waals surface area (Å²) >= 11 is 0. The van der Waals surface area contributed by atoms with Crippen LogP contribution in [0.1, 0.15) is 57.8 Å². The third-order valence-corrected chi connectivity index (χ3v) is 7.87. The molecule has 6 rings (SSSR count). The molecule has 196 valence electrons. The Kier molecular flexibility index (Phi) is 6.77. The second-order valence-electron chi connectivity index (χ2n) is 10.8. The van der Waals surface area contributed by atoms with Crippen LogP contribution in [0, 0.1) is 5.92 Å². The van der Waals surface area contributed by atoms with E-state index in [1.807, 2.05) is 24.3 Å². The normalized spacial score (nSPS) is 19.9. The molecule has 2 aliphatic carbocycles. The molecule has 2 fully saturated rings. The fourth-order valence-corrected chi connectivity index (χ4v) is 5.18. The average Bonchev–Trinajstić information content (AvgIpc) is 3.87. The van der Waals surface area contributed by atoms with Crippen LogP contribution < -0.4 is 16.4 Å². The molecule has 2 atom stereocenters. The molecule has 7 heteroatoms. The molecule has 3 aromatic rings. The highest BCUT2D eigenvalue weighted by molar-refractivity contribution is 6.05. The molecule has 2 amide bonds. The number of nitrogens with one attached hydrogen (secondary N) is 2. The molecule has 0 spiro atoms. The largest absolute Gasteiger partial charge is 0.445 e. The van der Waals surface area contributed by atoms with Crippen molar-refractivity contribution in [2.24, 2.45) is 5.92 Å². The number of anilines is 2. The third kappa shape index (κ3) is 5.68. The summed E-state index contributed by atoms with van der Waals surface area (Å²) in [6.07, 6.45) is 4.34. The summed E-state index contributed by atoms with van der Waals surface area (Å²) < 4.78 is 5.63. The van der Waals surface area contributed by atoms with Gasteiger partial charge >= 0.3 is 6.09 Å². The Labute approximate surface area is 223 Å². The van der Waals surface area contributed by atoms with Crippen molar-refractivity contribution < 1.29 is 14.3 Å². The Hall–Kier alpha value is -3.84. The lowest BCUT2D eigenvalue weighted by Crippen LogP contribution is -2.36. The van der Waals surface area contributed by atoms with Gasteiger partial charge in [0.1, 0.15) is 6.61 Å². The Balaban J connectivity index is 0.988. The molecule has 3 aliphatic rings. The number of hydrogen-bond acceptors (Lipinski definition) is 5. The second-order valence-corrected chi connectivity index (χ2v) is 10.8. The van der Waals surface area contributed by atoms with Crippen LogP contribution in [0.5, 0.6) is 0 Å². The van der Waals surface area contributed by atoms with Crippen molar-refractivity contribution in [2.75, 3.05) is 24.1 Å². The lowest BCUT2D eigenvalue weighted by molar-refractivity contribution is 0.0917. The van der Waals surface area contributed by atoms with E-state index >= 15 is 0 Å². The minimum atomic E-state index is -0.312. The third-order valence-electron chi connectivity index (χ3n) is 7.87. The van der Waals surface area contributed by atoms with Crippen LogP contribution in [0.4, 0.5) is 16.2 Å². The van der Waals surface area contributed by atoms with E-state index in [2.05, 4.69) is 34.9 Å². The Bertz CT molecular complexity index is 1340. The second kappa shape index (κ2) is 10.5. The number of amides is 2. The monoisotopic (exact) mass is 510 g/mol. The van der Waals surface area contributed by atoms with E-state index in [9.17, 15) is 9.59 Å². The quantitative estimate of drug-likeness (QED) is 0.368. The van der Waals surface area contributed by atoms with E-state index in [1.165, 1.54) is 24.8 Å². The van der Waals surface area contributed by atoms with Gasteiger partial charge < -0.3 is 26.0 Å². The highest BCUT2D eigenvalue weighted by Gasteiger charge is 2.38. The van der Waals surface area contributed by atoms with Crippen molar-refractivity contribution in [2.45, 2.75) is 50.8 Å². The summed E-state index contributed by atoms with van der Waals surface area (Å²) in [5.74, 6) is 1.32. The first-order valence-electron chi connectivity index (χ1n) is 13.5. The maximum absolute atomic E-state index is 12.8. The van der Waals surface area contributed by atoms with E-state index in [4.69, 9.17) is 10.5 Å². The highest BCUT2D eigenvalue weighted by atomic mass is 16.6. The van der Waals surface area contributed by atoms with Crippen molar-refractivity contribution >= 4 is 23.4 Å². The molecule has 1 aliphatic heterocycles. The fraction of sp³-hybridized carbons (Fsp3) is 0.355. The van der Waals surface area contributed by atoms with Crippen molar-refractivity contribution in [3.63, 3.8) is 0 Å². The SMILES string of the molecule is Nc1ccccc1NC(=O)c1ccc2c(c1)CCN(C(=O)OCc1ccc(C3CC3NCC3CC3)cc1)C2. The van der Waals surface area contributed by atoms with Gasteiger partial charge in [0.2, 0.25) is 0 Å². The van der Waals surface area contributed by atoms with Crippen molar-refractivity contribution in [1.29, 1.82) is 0 Å². The molecule has 2 saturated carbocycles. The lowest BCUT2D eigenvalue weighted by atomic mass is 9.97. The van der Waals surface area contributed by atoms with Crippen LogP contribution in [-0.4, -0.2) is 36.0 Å². The maximum atomic E-state index is 12.8. The first kappa shape index (κ1) is 24.5. The Morgan fingerprint density at radius 3 is 2.61 bits per heavy atom. The molecule has 0 aromatic heterocycles. The number of fused-ring (bicyclic) bond motifs is 1. The van der Waals surface area contributed by atoms with E-state index in [1.54, 1.807) is 23.1 Å². The zero-order chi connectivity index (χ0) is 26.1. The maximum Gasteiger partial charge on any atom is 0.410 e. The van der Waals surface area contributed by atoms with Gasteiger partial charge in [-0.3, -0.25) is 4.79 Å². The molecular weight excluding hydrogens is 476 g/mol. The van der Waals surface area contributed by atoms with E-state index < -0.39 is 0 Å². The predicted molar refractivity (Wildman–Crippen MR) is 148 cm³/mol. The number of nitrogens with two attached hydrogens (primary N) is 1. The van der Waals surface area contributed by atoms with Crippen molar-refractivity contribution in [3.8, 4) is 0 Å². The fourth-order valence-electron chi connectivity index (χ4n) is 5.18. The number of para-hydroxylation sites is 2. The number of carbonyl (C=O) groups excluding carboxylic acids is 2. The smallest absolute Gasteiger partial charge is 0.410 e. The molecule has 7 nitrogen and oxygen atoms in total. The molecule has 1 heterocycles. The van der Waals surface area contributed by atoms with E-state index in [0.717, 1.165) is 29.2 Å². The molecule has 4 N–H and O–H groups in total. The zero-order valence-electron chi connectivity index (χ0n) is 21.5. The molecule has 38 heavy (non-hydrogen) atoms. The van der Waals surface area contributed by atoms with Gasteiger partial charge in [-0.15, -0.1) is 0 Å². The highest BCUT2D eigenvalue weighted by Crippen LogP contribution is 2.41. The number of nitrogen functional groups attached to an aromatic ring is 1. The standard InChI is InChI=1S/C31H34N4O3/c32-27-3-1-2-4-28(27)34-30(36)24-11-12-25-18-35(14-13-23(25)15-24)31(37)38-19-21-7-9-22(10-8-21)26-16-29(26)33-17-20-5-6-20/h1-4,7-12,15,20,26,29,33H,5-6,13-14,16-19,32H2,(H,34,36). The van der Waals surface area contributed by atoms with Gasteiger partial charge in [-0.1, -0.05) is 42.5 Å².